The summed E-state index contributed by atoms with van der Waals surface area (Å²) in [6.07, 6.45) is 2.96. The summed E-state index contributed by atoms with van der Waals surface area (Å²) in [5, 5.41) is 10.7. The molecule has 4 rings (SSSR count). The van der Waals surface area contributed by atoms with E-state index in [2.05, 4.69) is 23.1 Å². The minimum Gasteiger partial charge on any atom is -0.475 e. The Labute approximate surface area is 163 Å². The van der Waals surface area contributed by atoms with Gasteiger partial charge < -0.3 is 9.64 Å². The van der Waals surface area contributed by atoms with Crippen molar-refractivity contribution >= 4 is 29.9 Å². The lowest BCUT2D eigenvalue weighted by atomic mass is 10.1. The lowest BCUT2D eigenvalue weighted by molar-refractivity contribution is -0.384. The Kier molecular flexibility index (Phi) is 5.75. The second-order valence-electron chi connectivity index (χ2n) is 6.58. The number of nitro benzene ring substituents is 1. The number of piperidine rings is 1. The molecular formula is C19H21ClN2O3S. The highest BCUT2D eigenvalue weighted by atomic mass is 35.5. The van der Waals surface area contributed by atoms with Gasteiger partial charge >= 0.3 is 0 Å². The number of hydrogen-bond acceptors (Lipinski definition) is 5. The van der Waals surface area contributed by atoms with E-state index < -0.39 is 0 Å². The van der Waals surface area contributed by atoms with Crippen molar-refractivity contribution < 1.29 is 9.66 Å². The molecule has 2 aromatic carbocycles. The second kappa shape index (κ2) is 7.86. The highest BCUT2D eigenvalue weighted by molar-refractivity contribution is 8.00. The van der Waals surface area contributed by atoms with E-state index in [0.717, 1.165) is 50.2 Å². The molecule has 2 aromatic rings. The van der Waals surface area contributed by atoms with Gasteiger partial charge in [-0.3, -0.25) is 10.1 Å². The topological polar surface area (TPSA) is 55.6 Å². The van der Waals surface area contributed by atoms with Crippen LogP contribution >= 0.6 is 24.2 Å². The Balaban J connectivity index is 0.00000196. The van der Waals surface area contributed by atoms with Crippen molar-refractivity contribution in [3.05, 3.63) is 64.2 Å². The van der Waals surface area contributed by atoms with Gasteiger partial charge in [-0.25, -0.2) is 0 Å². The van der Waals surface area contributed by atoms with Crippen molar-refractivity contribution in [3.8, 4) is 5.75 Å². The number of likely N-dealkylation sites (tertiary alicyclic amines) is 1. The normalized spacial score (nSPS) is 18.0. The number of thioether (sulfide) groups is 1. The van der Waals surface area contributed by atoms with Gasteiger partial charge in [0.2, 0.25) is 0 Å². The van der Waals surface area contributed by atoms with Crippen molar-refractivity contribution in [2.24, 2.45) is 0 Å². The highest BCUT2D eigenvalue weighted by Crippen LogP contribution is 2.51. The fraction of sp³-hybridized carbons (Fsp3) is 0.368. The number of benzene rings is 2. The first-order valence-electron chi connectivity index (χ1n) is 8.56. The molecule has 1 spiro atoms. The average molecular weight is 393 g/mol. The molecule has 0 bridgehead atoms. The maximum atomic E-state index is 10.7. The molecular weight excluding hydrogens is 372 g/mol. The number of halogens is 1. The monoisotopic (exact) mass is 392 g/mol. The van der Waals surface area contributed by atoms with Crippen molar-refractivity contribution in [1.82, 2.24) is 4.90 Å². The lowest BCUT2D eigenvalue weighted by Gasteiger charge is -2.37. The molecule has 0 radical (unpaired) electrons. The first-order valence-corrected chi connectivity index (χ1v) is 9.38. The van der Waals surface area contributed by atoms with E-state index in [1.54, 1.807) is 12.1 Å². The number of para-hydroxylation sites is 1. The van der Waals surface area contributed by atoms with Crippen LogP contribution in [0.4, 0.5) is 5.69 Å². The minimum atomic E-state index is -0.356. The Morgan fingerprint density at radius 3 is 2.46 bits per heavy atom. The van der Waals surface area contributed by atoms with E-state index in [4.69, 9.17) is 4.74 Å². The van der Waals surface area contributed by atoms with E-state index >= 15 is 0 Å². The van der Waals surface area contributed by atoms with Gasteiger partial charge in [-0.05, 0) is 24.1 Å². The van der Waals surface area contributed by atoms with Gasteiger partial charge in [-0.1, -0.05) is 36.0 Å². The largest absolute Gasteiger partial charge is 0.475 e. The summed E-state index contributed by atoms with van der Waals surface area (Å²) in [5.41, 5.74) is 1.29. The number of rotatable bonds is 4. The number of non-ortho nitro benzene ring substituents is 1. The predicted molar refractivity (Wildman–Crippen MR) is 105 cm³/mol. The van der Waals surface area contributed by atoms with Gasteiger partial charge in [-0.2, -0.15) is 0 Å². The quantitative estimate of drug-likeness (QED) is 0.565. The third-order valence-corrected chi connectivity index (χ3v) is 6.34. The molecule has 0 aliphatic carbocycles. The van der Waals surface area contributed by atoms with E-state index in [9.17, 15) is 10.1 Å². The zero-order valence-corrected chi connectivity index (χ0v) is 15.9. The molecule has 1 saturated heterocycles. The van der Waals surface area contributed by atoms with Crippen LogP contribution in [0.1, 0.15) is 18.4 Å². The van der Waals surface area contributed by atoms with Crippen LogP contribution in [0.25, 0.3) is 0 Å². The molecule has 0 N–H and O–H groups in total. The molecule has 7 heteroatoms. The predicted octanol–water partition coefficient (Wildman–Crippen LogP) is 4.54. The molecule has 1 fully saturated rings. The van der Waals surface area contributed by atoms with Crippen LogP contribution < -0.4 is 4.74 Å². The van der Waals surface area contributed by atoms with Gasteiger partial charge in [0.25, 0.3) is 5.69 Å². The fourth-order valence-electron chi connectivity index (χ4n) is 3.43. The van der Waals surface area contributed by atoms with Crippen molar-refractivity contribution in [2.45, 2.75) is 29.1 Å². The summed E-state index contributed by atoms with van der Waals surface area (Å²) >= 11 is 1.87. The number of nitro groups is 1. The van der Waals surface area contributed by atoms with E-state index in [1.807, 2.05) is 30.0 Å². The van der Waals surface area contributed by atoms with Crippen molar-refractivity contribution in [1.29, 1.82) is 0 Å². The van der Waals surface area contributed by atoms with Crippen LogP contribution in [0.15, 0.2) is 53.4 Å². The minimum absolute atomic E-state index is 0. The van der Waals surface area contributed by atoms with Gasteiger partial charge in [0.1, 0.15) is 5.75 Å². The van der Waals surface area contributed by atoms with Crippen LogP contribution in [-0.2, 0) is 6.42 Å². The van der Waals surface area contributed by atoms with Gasteiger partial charge in [0.05, 0.1) is 9.82 Å². The molecule has 2 aliphatic rings. The van der Waals surface area contributed by atoms with Crippen LogP contribution in [0, 0.1) is 10.1 Å². The highest BCUT2D eigenvalue weighted by Gasteiger charge is 2.42. The van der Waals surface area contributed by atoms with E-state index in [1.165, 1.54) is 4.90 Å². The van der Waals surface area contributed by atoms with Crippen molar-refractivity contribution in [3.63, 3.8) is 0 Å². The molecule has 0 unspecified atom stereocenters. The van der Waals surface area contributed by atoms with Crippen LogP contribution in [0.5, 0.6) is 5.75 Å². The summed E-state index contributed by atoms with van der Waals surface area (Å²) in [7, 11) is 0. The molecule has 5 nitrogen and oxygen atoms in total. The SMILES string of the molecule is Cl.O=[N+]([O-])c1ccc(CCN2CCC3(CC2)Oc2ccccc2S3)cc1. The molecule has 2 aliphatic heterocycles. The summed E-state index contributed by atoms with van der Waals surface area (Å²) in [6, 6.07) is 15.2. The van der Waals surface area contributed by atoms with Crippen LogP contribution in [-0.4, -0.2) is 34.4 Å². The Hall–Kier alpha value is -1.76. The first-order chi connectivity index (χ1) is 12.1. The smallest absolute Gasteiger partial charge is 0.269 e. The fourth-order valence-corrected chi connectivity index (χ4v) is 4.71. The molecule has 138 valence electrons. The lowest BCUT2D eigenvalue weighted by Crippen LogP contribution is -2.44. The Morgan fingerprint density at radius 1 is 1.12 bits per heavy atom. The summed E-state index contributed by atoms with van der Waals surface area (Å²) in [6.45, 7) is 3.02. The first kappa shape index (κ1) is 19.0. The third kappa shape index (κ3) is 3.98. The molecule has 0 aromatic heterocycles. The summed E-state index contributed by atoms with van der Waals surface area (Å²) in [4.78, 5) is 14.0. The third-order valence-electron chi connectivity index (χ3n) is 4.92. The number of fused-ring (bicyclic) bond motifs is 1. The maximum absolute atomic E-state index is 10.7. The van der Waals surface area contributed by atoms with Crippen LogP contribution in [0.2, 0.25) is 0 Å². The summed E-state index contributed by atoms with van der Waals surface area (Å²) < 4.78 is 6.25. The Bertz CT molecular complexity index is 750. The van der Waals surface area contributed by atoms with Crippen LogP contribution in [0.3, 0.4) is 0 Å². The van der Waals surface area contributed by atoms with Gasteiger partial charge in [-0.15, -0.1) is 12.4 Å². The summed E-state index contributed by atoms with van der Waals surface area (Å²) in [5.74, 6) is 1.02. The van der Waals surface area contributed by atoms with E-state index in [-0.39, 0.29) is 28.0 Å². The van der Waals surface area contributed by atoms with Gasteiger partial charge in [0.15, 0.2) is 4.93 Å². The molecule has 2 heterocycles. The molecule has 0 saturated carbocycles. The maximum Gasteiger partial charge on any atom is 0.269 e. The Morgan fingerprint density at radius 2 is 1.81 bits per heavy atom. The van der Waals surface area contributed by atoms with Gasteiger partial charge in [0, 0.05) is 44.6 Å². The number of nitrogens with zero attached hydrogens (tertiary/aromatic N) is 2. The molecule has 0 amide bonds. The zero-order chi connectivity index (χ0) is 17.3. The number of ether oxygens (including phenoxy) is 1. The van der Waals surface area contributed by atoms with E-state index in [0.29, 0.717) is 0 Å². The number of hydrogen-bond donors (Lipinski definition) is 0. The second-order valence-corrected chi connectivity index (χ2v) is 7.96. The molecule has 0 atom stereocenters. The average Bonchev–Trinajstić information content (AvgIpc) is 2.99. The molecule has 26 heavy (non-hydrogen) atoms. The van der Waals surface area contributed by atoms with Crippen molar-refractivity contribution in [2.75, 3.05) is 19.6 Å². The standard InChI is InChI=1S/C19H20N2O3S.ClH/c22-21(23)16-7-5-15(6-8-16)9-12-20-13-10-19(11-14-20)24-17-3-1-2-4-18(17)25-19;/h1-8H,9-14H2;1H. The zero-order valence-electron chi connectivity index (χ0n) is 14.3.